The molecule has 0 radical (unpaired) electrons. The van der Waals surface area contributed by atoms with Crippen molar-refractivity contribution in [3.05, 3.63) is 29.8 Å². The van der Waals surface area contributed by atoms with E-state index in [0.29, 0.717) is 30.9 Å². The van der Waals surface area contributed by atoms with Crippen LogP contribution in [0, 0.1) is 29.1 Å². The largest absolute Gasteiger partial charge is 0.491 e. The number of carbonyl (C=O) groups excluding carboxylic acids is 3. The fourth-order valence-electron chi connectivity index (χ4n) is 4.95. The highest BCUT2D eigenvalue weighted by Crippen LogP contribution is 2.24. The molecule has 0 unspecified atom stereocenters. The summed E-state index contributed by atoms with van der Waals surface area (Å²) < 4.78 is 11.4. The highest BCUT2D eigenvalue weighted by atomic mass is 16.5. The first-order chi connectivity index (χ1) is 20.2. The normalized spacial score (nSPS) is 17.3. The topological polar surface area (TPSA) is 169 Å². The minimum absolute atomic E-state index is 0.00527. The third-order valence-electron chi connectivity index (χ3n) is 8.45. The van der Waals surface area contributed by atoms with E-state index in [0.717, 1.165) is 32.8 Å². The summed E-state index contributed by atoms with van der Waals surface area (Å²) in [5.41, 5.74) is 11.5. The zero-order valence-corrected chi connectivity index (χ0v) is 26.9. The van der Waals surface area contributed by atoms with Crippen LogP contribution in [0.15, 0.2) is 24.3 Å². The van der Waals surface area contributed by atoms with Gasteiger partial charge in [-0.25, -0.2) is 0 Å². The van der Waals surface area contributed by atoms with E-state index < -0.39 is 29.4 Å². The average Bonchev–Trinajstić information content (AvgIpc) is 2.96. The van der Waals surface area contributed by atoms with Gasteiger partial charge in [0.05, 0.1) is 30.3 Å². The second kappa shape index (κ2) is 17.5. The summed E-state index contributed by atoms with van der Waals surface area (Å²) in [4.78, 5) is 40.0. The van der Waals surface area contributed by atoms with Gasteiger partial charge in [0.25, 0.3) is 5.91 Å². The number of hydrogen-bond donors (Lipinski definition) is 5. The molecule has 1 aromatic carbocycles. The second-order valence-corrected chi connectivity index (χ2v) is 13.0. The van der Waals surface area contributed by atoms with Crippen LogP contribution in [0.5, 0.6) is 5.75 Å². The molecule has 1 fully saturated rings. The second-order valence-electron chi connectivity index (χ2n) is 13.0. The number of hydrogen-bond acceptors (Lipinski definition) is 8. The Hall–Kier alpha value is -2.73. The Morgan fingerprint density at radius 3 is 2.30 bits per heavy atom. The number of aliphatic hydroxyl groups is 1. The third kappa shape index (κ3) is 12.1. The number of nitrogens with zero attached hydrogens (tertiary/aromatic N) is 1. The van der Waals surface area contributed by atoms with Crippen molar-refractivity contribution >= 4 is 17.7 Å². The Bertz CT molecular complexity index is 1030. The molecule has 1 aromatic rings. The number of primary amides is 1. The molecule has 43 heavy (non-hydrogen) atoms. The van der Waals surface area contributed by atoms with Gasteiger partial charge in [-0.2, -0.15) is 0 Å². The predicted molar refractivity (Wildman–Crippen MR) is 167 cm³/mol. The molecule has 0 saturated carbocycles. The quantitative estimate of drug-likeness (QED) is 0.169. The summed E-state index contributed by atoms with van der Waals surface area (Å²) in [6, 6.07) is 6.63. The zero-order valence-electron chi connectivity index (χ0n) is 26.9. The maximum Gasteiger partial charge on any atom is 0.255 e. The van der Waals surface area contributed by atoms with E-state index in [2.05, 4.69) is 29.4 Å². The summed E-state index contributed by atoms with van der Waals surface area (Å²) >= 11 is 0. The standard InChI is InChI=1S/C32H55N5O6/c1-21(2)23(17-26(33)27(38)18-25(22(3)4)30(40)36-20-32(5,6)31(34)41)19-35-29(39)24-9-7-8-10-28(24)43-16-13-37-11-14-42-15-12-37/h7-10,21-23,25-27,38H,11-20,33H2,1-6H3,(H2,34,41)(H,35,39)(H,36,40)/t23-,25-,26+,27+/m1/s1. The molecule has 2 rings (SSSR count). The van der Waals surface area contributed by atoms with Crippen molar-refractivity contribution in [2.24, 2.45) is 40.6 Å². The molecular weight excluding hydrogens is 550 g/mol. The van der Waals surface area contributed by atoms with Gasteiger partial charge in [0.15, 0.2) is 0 Å². The summed E-state index contributed by atoms with van der Waals surface area (Å²) in [5.74, 6) is -0.756. The molecule has 0 spiro atoms. The van der Waals surface area contributed by atoms with Gasteiger partial charge in [0.1, 0.15) is 12.4 Å². The van der Waals surface area contributed by atoms with Crippen LogP contribution in [0.25, 0.3) is 0 Å². The van der Waals surface area contributed by atoms with Crippen LogP contribution in [0.3, 0.4) is 0 Å². The predicted octanol–water partition coefficient (Wildman–Crippen LogP) is 1.77. The first-order valence-corrected chi connectivity index (χ1v) is 15.5. The summed E-state index contributed by atoms with van der Waals surface area (Å²) in [5, 5.41) is 16.9. The number of morpholine rings is 1. The van der Waals surface area contributed by atoms with Gasteiger partial charge < -0.3 is 36.7 Å². The summed E-state index contributed by atoms with van der Waals surface area (Å²) in [7, 11) is 0. The fraction of sp³-hybridized carbons (Fsp3) is 0.719. The van der Waals surface area contributed by atoms with E-state index >= 15 is 0 Å². The zero-order chi connectivity index (χ0) is 32.2. The highest BCUT2D eigenvalue weighted by Gasteiger charge is 2.32. The average molecular weight is 606 g/mol. The molecule has 4 atom stereocenters. The molecule has 1 aliphatic heterocycles. The number of nitrogens with two attached hydrogens (primary N) is 2. The molecule has 0 aromatic heterocycles. The number of nitrogens with one attached hydrogen (secondary N) is 2. The van der Waals surface area contributed by atoms with Crippen LogP contribution in [0.1, 0.15) is 64.7 Å². The molecular formula is C32H55N5O6. The lowest BCUT2D eigenvalue weighted by Crippen LogP contribution is -2.47. The number of para-hydroxylation sites is 1. The smallest absolute Gasteiger partial charge is 0.255 e. The van der Waals surface area contributed by atoms with Crippen molar-refractivity contribution in [1.29, 1.82) is 0 Å². The Labute approximate surface area is 257 Å². The Morgan fingerprint density at radius 1 is 1.05 bits per heavy atom. The molecule has 1 saturated heterocycles. The molecule has 11 heteroatoms. The number of aliphatic hydroxyl groups excluding tert-OH is 1. The van der Waals surface area contributed by atoms with Crippen LogP contribution in [-0.2, 0) is 14.3 Å². The summed E-state index contributed by atoms with van der Waals surface area (Å²) in [6.45, 7) is 16.2. The number of benzene rings is 1. The molecule has 7 N–H and O–H groups in total. The van der Waals surface area contributed by atoms with Gasteiger partial charge in [-0.1, -0.05) is 39.8 Å². The first-order valence-electron chi connectivity index (χ1n) is 15.5. The van der Waals surface area contributed by atoms with Crippen molar-refractivity contribution in [3.8, 4) is 5.75 Å². The third-order valence-corrected chi connectivity index (χ3v) is 8.45. The maximum absolute atomic E-state index is 13.2. The van der Waals surface area contributed by atoms with Gasteiger partial charge in [-0.05, 0) is 56.6 Å². The number of ether oxygens (including phenoxy) is 2. The fourth-order valence-corrected chi connectivity index (χ4v) is 4.95. The lowest BCUT2D eigenvalue weighted by Gasteiger charge is -2.30. The number of carbonyl (C=O) groups is 3. The van der Waals surface area contributed by atoms with E-state index in [1.54, 1.807) is 26.0 Å². The Morgan fingerprint density at radius 2 is 1.70 bits per heavy atom. The molecule has 1 aliphatic rings. The monoisotopic (exact) mass is 605 g/mol. The van der Waals surface area contributed by atoms with Crippen LogP contribution in [0.2, 0.25) is 0 Å². The van der Waals surface area contributed by atoms with E-state index in [1.807, 2.05) is 26.0 Å². The van der Waals surface area contributed by atoms with Crippen molar-refractivity contribution < 1.29 is 29.0 Å². The number of amides is 3. The van der Waals surface area contributed by atoms with Gasteiger partial charge in [0, 0.05) is 44.7 Å². The summed E-state index contributed by atoms with van der Waals surface area (Å²) in [6.07, 6.45) is -0.258. The Kier molecular flexibility index (Phi) is 14.9. The lowest BCUT2D eigenvalue weighted by atomic mass is 9.83. The minimum Gasteiger partial charge on any atom is -0.491 e. The molecule has 0 aliphatic carbocycles. The van der Waals surface area contributed by atoms with E-state index in [-0.39, 0.29) is 42.5 Å². The minimum atomic E-state index is -0.917. The van der Waals surface area contributed by atoms with Gasteiger partial charge in [-0.15, -0.1) is 0 Å². The van der Waals surface area contributed by atoms with E-state index in [9.17, 15) is 19.5 Å². The van der Waals surface area contributed by atoms with Crippen LogP contribution in [0.4, 0.5) is 0 Å². The SMILES string of the molecule is CC(C)[C@@H](CNC(=O)c1ccccc1OCCN1CCOCC1)C[C@H](N)[C@@H](O)C[C@@H](C(=O)NCC(C)(C)C(N)=O)C(C)C. The van der Waals surface area contributed by atoms with Crippen molar-refractivity contribution in [2.75, 3.05) is 52.5 Å². The molecule has 244 valence electrons. The molecule has 0 bridgehead atoms. The van der Waals surface area contributed by atoms with E-state index in [1.165, 1.54) is 0 Å². The van der Waals surface area contributed by atoms with Crippen LogP contribution < -0.4 is 26.8 Å². The van der Waals surface area contributed by atoms with Crippen molar-refractivity contribution in [2.45, 2.75) is 66.5 Å². The first kappa shape index (κ1) is 36.5. The maximum atomic E-state index is 13.2. The van der Waals surface area contributed by atoms with Crippen molar-refractivity contribution in [1.82, 2.24) is 15.5 Å². The molecule has 3 amide bonds. The Balaban J connectivity index is 1.93. The van der Waals surface area contributed by atoms with Crippen molar-refractivity contribution in [3.63, 3.8) is 0 Å². The van der Waals surface area contributed by atoms with Crippen LogP contribution >= 0.6 is 0 Å². The van der Waals surface area contributed by atoms with Crippen LogP contribution in [-0.4, -0.2) is 92.4 Å². The molecule has 1 heterocycles. The van der Waals surface area contributed by atoms with Gasteiger partial charge in [-0.3, -0.25) is 19.3 Å². The highest BCUT2D eigenvalue weighted by molar-refractivity contribution is 5.96. The van der Waals surface area contributed by atoms with E-state index in [4.69, 9.17) is 20.9 Å². The molecule has 11 nitrogen and oxygen atoms in total. The van der Waals surface area contributed by atoms with Gasteiger partial charge in [0.2, 0.25) is 11.8 Å². The number of rotatable bonds is 18. The lowest BCUT2D eigenvalue weighted by molar-refractivity contribution is -0.130. The van der Waals surface area contributed by atoms with Gasteiger partial charge >= 0.3 is 0 Å².